The molecule has 0 unspecified atom stereocenters. The van der Waals surface area contributed by atoms with E-state index in [9.17, 15) is 18.4 Å². The van der Waals surface area contributed by atoms with Crippen molar-refractivity contribution in [2.75, 3.05) is 13.1 Å². The van der Waals surface area contributed by atoms with Gasteiger partial charge in [0.1, 0.15) is 5.56 Å². The molecule has 1 N–H and O–H groups in total. The van der Waals surface area contributed by atoms with E-state index in [2.05, 4.69) is 22.2 Å². The number of rotatable bonds is 3. The third kappa shape index (κ3) is 3.30. The summed E-state index contributed by atoms with van der Waals surface area (Å²) in [6.45, 7) is -1.23. The first-order chi connectivity index (χ1) is 14.4. The fourth-order valence-electron chi connectivity index (χ4n) is 4.47. The third-order valence-corrected chi connectivity index (χ3v) is 6.14. The van der Waals surface area contributed by atoms with Crippen molar-refractivity contribution >= 4 is 11.6 Å². The smallest absolute Gasteiger partial charge is 0.282 e. The summed E-state index contributed by atoms with van der Waals surface area (Å²) < 4.78 is 27.5. The second-order valence-electron chi connectivity index (χ2n) is 8.30. The van der Waals surface area contributed by atoms with E-state index in [4.69, 9.17) is 0 Å². The average Bonchev–Trinajstić information content (AvgIpc) is 3.17. The average molecular weight is 412 g/mol. The number of amides is 1. The lowest BCUT2D eigenvalue weighted by Gasteiger charge is -2.38. The molecule has 0 bridgehead atoms. The summed E-state index contributed by atoms with van der Waals surface area (Å²) in [6.07, 6.45) is 7.57. The number of carbonyl (C=O) groups is 1. The fourth-order valence-corrected chi connectivity index (χ4v) is 4.47. The van der Waals surface area contributed by atoms with Crippen molar-refractivity contribution in [1.29, 1.82) is 0 Å². The lowest BCUT2D eigenvalue weighted by molar-refractivity contribution is -0.113. The van der Waals surface area contributed by atoms with Crippen molar-refractivity contribution in [2.45, 2.75) is 43.9 Å². The second kappa shape index (κ2) is 7.04. The highest BCUT2D eigenvalue weighted by Gasteiger charge is 2.46. The van der Waals surface area contributed by atoms with E-state index in [1.54, 1.807) is 0 Å². The first kappa shape index (κ1) is 19.0. The molecule has 1 amide bonds. The summed E-state index contributed by atoms with van der Waals surface area (Å²) in [5.41, 5.74) is 2.44. The van der Waals surface area contributed by atoms with E-state index >= 15 is 0 Å². The zero-order chi connectivity index (χ0) is 20.9. The number of aromatic nitrogens is 3. The molecule has 8 heteroatoms. The molecule has 2 aliphatic rings. The molecule has 2 fully saturated rings. The molecule has 3 aromatic rings. The summed E-state index contributed by atoms with van der Waals surface area (Å²) in [5, 5.41) is 2.70. The van der Waals surface area contributed by atoms with Crippen LogP contribution in [-0.4, -0.2) is 44.4 Å². The molecule has 1 saturated carbocycles. The van der Waals surface area contributed by atoms with Gasteiger partial charge in [0.2, 0.25) is 0 Å². The van der Waals surface area contributed by atoms with E-state index in [1.807, 2.05) is 12.1 Å². The number of hydrogen-bond donors (Lipinski definition) is 1. The van der Waals surface area contributed by atoms with Gasteiger partial charge in [-0.25, -0.2) is 18.3 Å². The summed E-state index contributed by atoms with van der Waals surface area (Å²) in [5.74, 6) is -2.83. The van der Waals surface area contributed by atoms with Crippen LogP contribution in [0, 0.1) is 0 Å². The molecule has 5 rings (SSSR count). The Hall–Kier alpha value is -3.03. The number of hydrogen-bond acceptors (Lipinski definition) is 3. The van der Waals surface area contributed by atoms with Gasteiger partial charge in [0.15, 0.2) is 5.65 Å². The number of benzene rings is 1. The molecule has 3 heterocycles. The maximum atomic E-state index is 13.1. The van der Waals surface area contributed by atoms with E-state index in [1.165, 1.54) is 49.9 Å². The lowest BCUT2D eigenvalue weighted by Crippen LogP contribution is -2.58. The van der Waals surface area contributed by atoms with Crippen LogP contribution in [0.2, 0.25) is 0 Å². The number of aromatic amines is 1. The van der Waals surface area contributed by atoms with Crippen molar-refractivity contribution in [3.63, 3.8) is 0 Å². The summed E-state index contributed by atoms with van der Waals surface area (Å²) in [6, 6.07) is 9.48. The van der Waals surface area contributed by atoms with Gasteiger partial charge in [-0.2, -0.15) is 0 Å². The fraction of sp³-hybridized carbons (Fsp3) is 0.409. The second-order valence-corrected chi connectivity index (χ2v) is 8.30. The molecule has 1 saturated heterocycles. The summed E-state index contributed by atoms with van der Waals surface area (Å²) in [7, 11) is 0. The van der Waals surface area contributed by atoms with Crippen molar-refractivity contribution in [1.82, 2.24) is 19.5 Å². The van der Waals surface area contributed by atoms with E-state index in [0.29, 0.717) is 11.6 Å². The zero-order valence-electron chi connectivity index (χ0n) is 16.4. The quantitative estimate of drug-likeness (QED) is 0.711. The SMILES string of the molecule is O=C(c1c[nH]n2c(=O)cc(-c3ccc(C4CCCCC4)cc3)nc12)N1CC(F)(F)C1. The number of likely N-dealkylation sites (tertiary alicyclic amines) is 1. The molecule has 2 aromatic heterocycles. The molecular weight excluding hydrogens is 390 g/mol. The van der Waals surface area contributed by atoms with Crippen LogP contribution < -0.4 is 5.56 Å². The standard InChI is InChI=1S/C22H22F2N4O2/c23-22(24)12-27(13-22)21(30)17-11-25-28-19(29)10-18(26-20(17)28)16-8-6-15(7-9-16)14-4-2-1-3-5-14/h6-11,14,25H,1-5,12-13H2. The van der Waals surface area contributed by atoms with Crippen LogP contribution in [0.4, 0.5) is 8.78 Å². The molecule has 6 nitrogen and oxygen atoms in total. The van der Waals surface area contributed by atoms with E-state index in [-0.39, 0.29) is 16.8 Å². The summed E-state index contributed by atoms with van der Waals surface area (Å²) in [4.78, 5) is 30.7. The van der Waals surface area contributed by atoms with E-state index in [0.717, 1.165) is 15.0 Å². The Kier molecular flexibility index (Phi) is 4.45. The molecule has 0 atom stereocenters. The van der Waals surface area contributed by atoms with Crippen LogP contribution in [0.1, 0.15) is 53.9 Å². The van der Waals surface area contributed by atoms with Crippen LogP contribution in [0.15, 0.2) is 41.3 Å². The van der Waals surface area contributed by atoms with Crippen molar-refractivity contribution in [3.8, 4) is 11.3 Å². The van der Waals surface area contributed by atoms with Gasteiger partial charge in [-0.15, -0.1) is 0 Å². The van der Waals surface area contributed by atoms with Gasteiger partial charge in [0.25, 0.3) is 17.4 Å². The maximum absolute atomic E-state index is 13.1. The van der Waals surface area contributed by atoms with Gasteiger partial charge in [-0.05, 0) is 24.3 Å². The Morgan fingerprint density at radius 2 is 1.80 bits per heavy atom. The number of alkyl halides is 2. The largest absolute Gasteiger partial charge is 0.326 e. The monoisotopic (exact) mass is 412 g/mol. The van der Waals surface area contributed by atoms with Gasteiger partial charge >= 0.3 is 0 Å². The minimum absolute atomic E-state index is 0.114. The predicted molar refractivity (Wildman–Crippen MR) is 108 cm³/mol. The molecule has 0 radical (unpaired) electrons. The lowest BCUT2D eigenvalue weighted by atomic mass is 9.84. The number of fused-ring (bicyclic) bond motifs is 1. The van der Waals surface area contributed by atoms with Gasteiger partial charge in [-0.3, -0.25) is 14.7 Å². The normalized spacial score (nSPS) is 19.1. The van der Waals surface area contributed by atoms with Crippen molar-refractivity contribution < 1.29 is 13.6 Å². The third-order valence-electron chi connectivity index (χ3n) is 6.14. The number of halogens is 2. The topological polar surface area (TPSA) is 70.5 Å². The van der Waals surface area contributed by atoms with Crippen molar-refractivity contribution in [2.24, 2.45) is 0 Å². The number of nitrogens with one attached hydrogen (secondary N) is 1. The maximum Gasteiger partial charge on any atom is 0.282 e. The van der Waals surface area contributed by atoms with Crippen LogP contribution in [-0.2, 0) is 0 Å². The molecule has 30 heavy (non-hydrogen) atoms. The van der Waals surface area contributed by atoms with Crippen LogP contribution in [0.5, 0.6) is 0 Å². The molecule has 0 spiro atoms. The van der Waals surface area contributed by atoms with Crippen LogP contribution in [0.25, 0.3) is 16.9 Å². The first-order valence-electron chi connectivity index (χ1n) is 10.3. The molecular formula is C22H22F2N4O2. The minimum atomic E-state index is -2.85. The Morgan fingerprint density at radius 3 is 2.47 bits per heavy atom. The highest BCUT2D eigenvalue weighted by Crippen LogP contribution is 2.33. The Labute approximate surface area is 171 Å². The minimum Gasteiger partial charge on any atom is -0.326 e. The van der Waals surface area contributed by atoms with Gasteiger partial charge in [-0.1, -0.05) is 43.5 Å². The Bertz CT molecular complexity index is 1150. The molecule has 1 aliphatic carbocycles. The van der Waals surface area contributed by atoms with Gasteiger partial charge in [0, 0.05) is 17.8 Å². The first-order valence-corrected chi connectivity index (χ1v) is 10.3. The summed E-state index contributed by atoms with van der Waals surface area (Å²) >= 11 is 0. The number of carbonyl (C=O) groups excluding carboxylic acids is 1. The van der Waals surface area contributed by atoms with Crippen LogP contribution >= 0.6 is 0 Å². The number of H-pyrrole nitrogens is 1. The molecule has 1 aliphatic heterocycles. The molecule has 156 valence electrons. The molecule has 1 aromatic carbocycles. The number of nitrogens with zero attached hydrogens (tertiary/aromatic N) is 3. The highest BCUT2D eigenvalue weighted by atomic mass is 19.3. The Morgan fingerprint density at radius 1 is 1.10 bits per heavy atom. The van der Waals surface area contributed by atoms with Gasteiger partial charge in [0.05, 0.1) is 18.8 Å². The highest BCUT2D eigenvalue weighted by molar-refractivity contribution is 6.00. The van der Waals surface area contributed by atoms with Gasteiger partial charge < -0.3 is 4.90 Å². The predicted octanol–water partition coefficient (Wildman–Crippen LogP) is 3.83. The Balaban J connectivity index is 1.46. The van der Waals surface area contributed by atoms with E-state index < -0.39 is 24.9 Å². The van der Waals surface area contributed by atoms with Crippen molar-refractivity contribution in [3.05, 3.63) is 58.0 Å². The van der Waals surface area contributed by atoms with Crippen LogP contribution in [0.3, 0.4) is 0 Å². The zero-order valence-corrected chi connectivity index (χ0v) is 16.4.